The molecule has 4 heteroatoms. The molecule has 1 saturated heterocycles. The average Bonchev–Trinajstić information content (AvgIpc) is 2.26. The summed E-state index contributed by atoms with van der Waals surface area (Å²) >= 11 is 3.31. The number of benzene rings is 1. The molecule has 0 atom stereocenters. The summed E-state index contributed by atoms with van der Waals surface area (Å²) in [6, 6.07) is 4.73. The van der Waals surface area contributed by atoms with E-state index in [2.05, 4.69) is 20.8 Å². The molecule has 1 aromatic carbocycles. The highest BCUT2D eigenvalue weighted by Crippen LogP contribution is 2.35. The molecule has 0 saturated carbocycles. The second kappa shape index (κ2) is 4.43. The van der Waals surface area contributed by atoms with Gasteiger partial charge in [-0.3, -0.25) is 0 Å². The number of aliphatic hydroxyl groups is 1. The highest BCUT2D eigenvalue weighted by atomic mass is 79.9. The quantitative estimate of drug-likeness (QED) is 0.858. The Balaban J connectivity index is 2.32. The van der Waals surface area contributed by atoms with E-state index >= 15 is 0 Å². The van der Waals surface area contributed by atoms with E-state index in [1.807, 2.05) is 7.05 Å². The summed E-state index contributed by atoms with van der Waals surface area (Å²) in [6.45, 7) is 1.59. The van der Waals surface area contributed by atoms with Crippen LogP contribution in [-0.4, -0.2) is 30.1 Å². The molecule has 1 aromatic rings. The lowest BCUT2D eigenvalue weighted by atomic mass is 9.84. The van der Waals surface area contributed by atoms with E-state index in [1.54, 1.807) is 12.1 Å². The van der Waals surface area contributed by atoms with Crippen molar-refractivity contribution in [2.24, 2.45) is 0 Å². The standard InChI is InChI=1S/C12H15BrFNO/c1-15-6-4-12(16,5-7-15)10-8-9(13)2-3-11(10)14/h2-3,8,16H,4-7H2,1H3. The van der Waals surface area contributed by atoms with E-state index in [-0.39, 0.29) is 5.82 Å². The lowest BCUT2D eigenvalue weighted by Crippen LogP contribution is -2.41. The van der Waals surface area contributed by atoms with Crippen LogP contribution >= 0.6 is 15.9 Å². The van der Waals surface area contributed by atoms with Gasteiger partial charge in [-0.25, -0.2) is 4.39 Å². The van der Waals surface area contributed by atoms with Crippen LogP contribution in [0.5, 0.6) is 0 Å². The number of hydrogen-bond acceptors (Lipinski definition) is 2. The smallest absolute Gasteiger partial charge is 0.129 e. The Kier molecular flexibility index (Phi) is 3.33. The number of likely N-dealkylation sites (tertiary alicyclic amines) is 1. The molecular formula is C12H15BrFNO. The number of halogens is 2. The first-order chi connectivity index (χ1) is 7.51. The highest BCUT2D eigenvalue weighted by Gasteiger charge is 2.35. The van der Waals surface area contributed by atoms with Gasteiger partial charge in [0, 0.05) is 23.1 Å². The van der Waals surface area contributed by atoms with E-state index < -0.39 is 5.60 Å². The summed E-state index contributed by atoms with van der Waals surface area (Å²) in [5.74, 6) is -0.324. The van der Waals surface area contributed by atoms with Crippen molar-refractivity contribution in [3.63, 3.8) is 0 Å². The first-order valence-electron chi connectivity index (χ1n) is 5.38. The molecule has 1 aliphatic heterocycles. The fraction of sp³-hybridized carbons (Fsp3) is 0.500. The molecular weight excluding hydrogens is 273 g/mol. The lowest BCUT2D eigenvalue weighted by molar-refractivity contribution is -0.0230. The molecule has 16 heavy (non-hydrogen) atoms. The number of rotatable bonds is 1. The molecule has 0 unspecified atom stereocenters. The topological polar surface area (TPSA) is 23.5 Å². The Bertz CT molecular complexity index is 389. The fourth-order valence-corrected chi connectivity index (χ4v) is 2.47. The van der Waals surface area contributed by atoms with Gasteiger partial charge < -0.3 is 10.0 Å². The first-order valence-corrected chi connectivity index (χ1v) is 6.17. The average molecular weight is 288 g/mol. The van der Waals surface area contributed by atoms with E-state index in [0.29, 0.717) is 18.4 Å². The molecule has 0 aliphatic carbocycles. The van der Waals surface area contributed by atoms with Crippen molar-refractivity contribution >= 4 is 15.9 Å². The van der Waals surface area contributed by atoms with Crippen LogP contribution < -0.4 is 0 Å². The third kappa shape index (κ3) is 2.29. The van der Waals surface area contributed by atoms with Gasteiger partial charge in [0.1, 0.15) is 5.82 Å². The van der Waals surface area contributed by atoms with Crippen molar-refractivity contribution < 1.29 is 9.50 Å². The van der Waals surface area contributed by atoms with E-state index in [9.17, 15) is 9.50 Å². The summed E-state index contributed by atoms with van der Waals surface area (Å²) in [5, 5.41) is 10.5. The number of piperidine rings is 1. The summed E-state index contributed by atoms with van der Waals surface area (Å²) in [7, 11) is 2.01. The molecule has 2 rings (SSSR count). The van der Waals surface area contributed by atoms with Crippen molar-refractivity contribution in [1.29, 1.82) is 0 Å². The zero-order valence-electron chi connectivity index (χ0n) is 9.21. The zero-order chi connectivity index (χ0) is 11.8. The highest BCUT2D eigenvalue weighted by molar-refractivity contribution is 9.10. The molecule has 1 aliphatic rings. The lowest BCUT2D eigenvalue weighted by Gasteiger charge is -2.37. The number of nitrogens with zero attached hydrogens (tertiary/aromatic N) is 1. The van der Waals surface area contributed by atoms with Gasteiger partial charge in [0.2, 0.25) is 0 Å². The van der Waals surface area contributed by atoms with Crippen LogP contribution in [0.4, 0.5) is 4.39 Å². The van der Waals surface area contributed by atoms with Crippen molar-refractivity contribution in [1.82, 2.24) is 4.90 Å². The Hall–Kier alpha value is -0.450. The minimum absolute atomic E-state index is 0.324. The Labute approximate surface area is 103 Å². The molecule has 0 bridgehead atoms. The Morgan fingerprint density at radius 2 is 2.00 bits per heavy atom. The first kappa shape index (κ1) is 12.0. The largest absolute Gasteiger partial charge is 0.385 e. The monoisotopic (exact) mass is 287 g/mol. The molecule has 1 fully saturated rings. The second-order valence-electron chi connectivity index (χ2n) is 4.46. The van der Waals surface area contributed by atoms with Crippen molar-refractivity contribution in [2.45, 2.75) is 18.4 Å². The van der Waals surface area contributed by atoms with E-state index in [1.165, 1.54) is 6.07 Å². The summed E-state index contributed by atoms with van der Waals surface area (Å²) in [5.41, 5.74) is -0.602. The fourth-order valence-electron chi connectivity index (χ4n) is 2.11. The Morgan fingerprint density at radius 3 is 2.62 bits per heavy atom. The summed E-state index contributed by atoms with van der Waals surface area (Å²) < 4.78 is 14.5. The molecule has 0 radical (unpaired) electrons. The SMILES string of the molecule is CN1CCC(O)(c2cc(Br)ccc2F)CC1. The van der Waals surface area contributed by atoms with Crippen LogP contribution in [0.25, 0.3) is 0 Å². The maximum absolute atomic E-state index is 13.7. The van der Waals surface area contributed by atoms with Crippen LogP contribution in [0.3, 0.4) is 0 Å². The van der Waals surface area contributed by atoms with Crippen LogP contribution in [0.15, 0.2) is 22.7 Å². The van der Waals surface area contributed by atoms with E-state index in [0.717, 1.165) is 17.6 Å². The molecule has 88 valence electrons. The van der Waals surface area contributed by atoms with Gasteiger partial charge in [-0.05, 0) is 38.1 Å². The minimum atomic E-state index is -1.01. The second-order valence-corrected chi connectivity index (χ2v) is 5.37. The van der Waals surface area contributed by atoms with Crippen molar-refractivity contribution in [3.8, 4) is 0 Å². The van der Waals surface area contributed by atoms with Crippen LogP contribution in [-0.2, 0) is 5.60 Å². The van der Waals surface area contributed by atoms with Gasteiger partial charge in [-0.1, -0.05) is 15.9 Å². The van der Waals surface area contributed by atoms with Gasteiger partial charge in [0.25, 0.3) is 0 Å². The third-order valence-electron chi connectivity index (χ3n) is 3.24. The molecule has 1 heterocycles. The predicted octanol–water partition coefficient (Wildman–Crippen LogP) is 2.50. The zero-order valence-corrected chi connectivity index (χ0v) is 10.8. The third-order valence-corrected chi connectivity index (χ3v) is 3.74. The number of hydrogen-bond donors (Lipinski definition) is 1. The molecule has 0 aromatic heterocycles. The molecule has 0 amide bonds. The Morgan fingerprint density at radius 1 is 1.38 bits per heavy atom. The normalized spacial score (nSPS) is 21.0. The van der Waals surface area contributed by atoms with Crippen molar-refractivity contribution in [2.75, 3.05) is 20.1 Å². The van der Waals surface area contributed by atoms with Gasteiger partial charge in [0.15, 0.2) is 0 Å². The van der Waals surface area contributed by atoms with Gasteiger partial charge in [-0.15, -0.1) is 0 Å². The maximum atomic E-state index is 13.7. The van der Waals surface area contributed by atoms with Crippen LogP contribution in [0, 0.1) is 5.82 Å². The predicted molar refractivity (Wildman–Crippen MR) is 64.7 cm³/mol. The van der Waals surface area contributed by atoms with Gasteiger partial charge in [0.05, 0.1) is 5.60 Å². The van der Waals surface area contributed by atoms with Gasteiger partial charge in [-0.2, -0.15) is 0 Å². The van der Waals surface area contributed by atoms with Crippen LogP contribution in [0.2, 0.25) is 0 Å². The van der Waals surface area contributed by atoms with Gasteiger partial charge >= 0.3 is 0 Å². The van der Waals surface area contributed by atoms with Crippen LogP contribution in [0.1, 0.15) is 18.4 Å². The summed E-state index contributed by atoms with van der Waals surface area (Å²) in [6.07, 6.45) is 1.16. The maximum Gasteiger partial charge on any atom is 0.129 e. The molecule has 2 nitrogen and oxygen atoms in total. The van der Waals surface area contributed by atoms with E-state index in [4.69, 9.17) is 0 Å². The van der Waals surface area contributed by atoms with Crippen molar-refractivity contribution in [3.05, 3.63) is 34.1 Å². The molecule has 1 N–H and O–H groups in total. The minimum Gasteiger partial charge on any atom is -0.385 e. The molecule has 0 spiro atoms. The summed E-state index contributed by atoms with van der Waals surface area (Å²) in [4.78, 5) is 2.14.